The van der Waals surface area contributed by atoms with Gasteiger partial charge in [-0.15, -0.1) is 11.3 Å². The lowest BCUT2D eigenvalue weighted by atomic mass is 9.85. The first-order chi connectivity index (χ1) is 18.3. The Morgan fingerprint density at radius 2 is 1.48 bits per heavy atom. The van der Waals surface area contributed by atoms with Crippen LogP contribution in [0.25, 0.3) is 5.57 Å². The van der Waals surface area contributed by atoms with Crippen LogP contribution in [0, 0.1) is 0 Å². The van der Waals surface area contributed by atoms with E-state index in [0.29, 0.717) is 26.1 Å². The second kappa shape index (κ2) is 13.8. The van der Waals surface area contributed by atoms with Crippen LogP contribution in [0.3, 0.4) is 0 Å². The Hall–Kier alpha value is -1.98. The summed E-state index contributed by atoms with van der Waals surface area (Å²) in [5, 5.41) is 11.1. The predicted molar refractivity (Wildman–Crippen MR) is 169 cm³/mol. The fraction of sp³-hybridized carbons (Fsp3) is 0.531. The van der Waals surface area contributed by atoms with E-state index in [2.05, 4.69) is 99.7 Å². The van der Waals surface area contributed by atoms with Crippen molar-refractivity contribution in [1.29, 1.82) is 0 Å². The zero-order valence-corrected chi connectivity index (χ0v) is 28.8. The second-order valence-corrected chi connectivity index (χ2v) is 17.8. The molecule has 1 heterocycles. The van der Waals surface area contributed by atoms with E-state index in [0.717, 1.165) is 45.4 Å². The lowest BCUT2D eigenvalue weighted by Gasteiger charge is -2.37. The van der Waals surface area contributed by atoms with Gasteiger partial charge < -0.3 is 18.7 Å². The Labute approximate surface area is 250 Å². The van der Waals surface area contributed by atoms with Gasteiger partial charge in [0.15, 0.2) is 0 Å². The van der Waals surface area contributed by atoms with E-state index in [1.807, 2.05) is 12.1 Å². The molecule has 1 aromatic carbocycles. The zero-order chi connectivity index (χ0) is 30.4. The molecule has 0 amide bonds. The third kappa shape index (κ3) is 11.1. The summed E-state index contributed by atoms with van der Waals surface area (Å²) in [6.07, 6.45) is 5.39. The summed E-state index contributed by atoms with van der Waals surface area (Å²) in [4.78, 5) is 11.9. The van der Waals surface area contributed by atoms with Crippen LogP contribution in [0.2, 0.25) is 10.1 Å². The standard InChI is InChI=1S/C32H46O5SSi2/c1-12-22(14-13-15-28(33)34)23-18-25(38-21-23)20-35-24-16-17-26(31(8,9)36-39-29(2,3)4)27(19-24)32(10,11)37-40-30(5,6)7/h13-19,21H,12,20H2,1-11H3,(H,33,34). The fourth-order valence-electron chi connectivity index (χ4n) is 3.75. The molecule has 0 aliphatic heterocycles. The molecule has 218 valence electrons. The van der Waals surface area contributed by atoms with Gasteiger partial charge in [0.1, 0.15) is 12.4 Å². The topological polar surface area (TPSA) is 65.0 Å². The molecule has 0 atom stereocenters. The fourth-order valence-corrected chi connectivity index (χ4v) is 5.91. The monoisotopic (exact) mass is 598 g/mol. The number of carboxylic acid groups (broad SMARTS) is 1. The number of carbonyl (C=O) groups is 1. The number of ether oxygens (including phenoxy) is 1. The molecule has 8 heteroatoms. The van der Waals surface area contributed by atoms with E-state index in [-0.39, 0.29) is 10.1 Å². The van der Waals surface area contributed by atoms with Crippen molar-refractivity contribution >= 4 is 42.4 Å². The third-order valence-electron chi connectivity index (χ3n) is 5.84. The van der Waals surface area contributed by atoms with Crippen LogP contribution in [-0.4, -0.2) is 30.6 Å². The number of hydrogen-bond acceptors (Lipinski definition) is 5. The Kier molecular flexibility index (Phi) is 11.8. The van der Waals surface area contributed by atoms with E-state index in [1.165, 1.54) is 0 Å². The van der Waals surface area contributed by atoms with Crippen molar-refractivity contribution in [3.63, 3.8) is 0 Å². The van der Waals surface area contributed by atoms with Gasteiger partial charge >= 0.3 is 5.97 Å². The highest BCUT2D eigenvalue weighted by atomic mass is 32.1. The molecule has 0 aliphatic rings. The van der Waals surface area contributed by atoms with Gasteiger partial charge in [0, 0.05) is 11.0 Å². The molecule has 0 saturated heterocycles. The van der Waals surface area contributed by atoms with E-state index in [1.54, 1.807) is 17.4 Å². The third-order valence-corrected chi connectivity index (χ3v) is 9.20. The summed E-state index contributed by atoms with van der Waals surface area (Å²) < 4.78 is 19.3. The van der Waals surface area contributed by atoms with Crippen LogP contribution in [0.1, 0.15) is 104 Å². The zero-order valence-electron chi connectivity index (χ0n) is 26.0. The lowest BCUT2D eigenvalue weighted by Crippen LogP contribution is -2.34. The maximum absolute atomic E-state index is 10.8. The van der Waals surface area contributed by atoms with Crippen molar-refractivity contribution in [3.05, 3.63) is 69.4 Å². The van der Waals surface area contributed by atoms with E-state index in [4.69, 9.17) is 18.7 Å². The smallest absolute Gasteiger partial charge is 0.328 e. The minimum Gasteiger partial charge on any atom is -0.488 e. The van der Waals surface area contributed by atoms with Crippen LogP contribution >= 0.6 is 11.3 Å². The molecular weight excluding hydrogens is 553 g/mol. The van der Waals surface area contributed by atoms with Crippen molar-refractivity contribution in [3.8, 4) is 5.75 Å². The van der Waals surface area contributed by atoms with E-state index < -0.39 is 17.2 Å². The maximum Gasteiger partial charge on any atom is 0.328 e. The number of carboxylic acids is 1. The van der Waals surface area contributed by atoms with Crippen LogP contribution in [0.15, 0.2) is 47.9 Å². The molecule has 40 heavy (non-hydrogen) atoms. The van der Waals surface area contributed by atoms with Crippen LogP contribution < -0.4 is 4.74 Å². The van der Waals surface area contributed by atoms with Gasteiger partial charge in [0.05, 0.1) is 11.2 Å². The predicted octanol–water partition coefficient (Wildman–Crippen LogP) is 8.94. The number of benzene rings is 1. The molecule has 0 aliphatic carbocycles. The molecule has 2 aromatic rings. The highest BCUT2D eigenvalue weighted by molar-refractivity contribution is 7.10. The first kappa shape index (κ1) is 34.2. The average molecular weight is 599 g/mol. The van der Waals surface area contributed by atoms with Gasteiger partial charge in [-0.1, -0.05) is 66.7 Å². The van der Waals surface area contributed by atoms with Gasteiger partial charge in [-0.2, -0.15) is 0 Å². The Morgan fingerprint density at radius 3 is 2.00 bits per heavy atom. The quantitative estimate of drug-likeness (QED) is 0.142. The van der Waals surface area contributed by atoms with Crippen LogP contribution in [0.4, 0.5) is 0 Å². The summed E-state index contributed by atoms with van der Waals surface area (Å²) in [5.41, 5.74) is 3.32. The van der Waals surface area contributed by atoms with Gasteiger partial charge in [0.2, 0.25) is 19.5 Å². The summed E-state index contributed by atoms with van der Waals surface area (Å²) in [6, 6.07) is 8.37. The summed E-state index contributed by atoms with van der Waals surface area (Å²) >= 11 is 1.64. The number of hydrogen-bond donors (Lipinski definition) is 1. The molecule has 2 rings (SSSR count). The first-order valence-electron chi connectivity index (χ1n) is 13.7. The van der Waals surface area contributed by atoms with E-state index >= 15 is 0 Å². The Bertz CT molecular complexity index is 1200. The molecule has 0 saturated carbocycles. The van der Waals surface area contributed by atoms with E-state index in [9.17, 15) is 4.79 Å². The summed E-state index contributed by atoms with van der Waals surface area (Å²) in [5.74, 6) is -0.164. The molecule has 0 bridgehead atoms. The van der Waals surface area contributed by atoms with Crippen molar-refractivity contribution < 1.29 is 23.5 Å². The minimum absolute atomic E-state index is 0.0667. The summed E-state index contributed by atoms with van der Waals surface area (Å²) in [7, 11) is 0.703. The molecular formula is C32H46O5SSi2. The highest BCUT2D eigenvalue weighted by Crippen LogP contribution is 2.40. The van der Waals surface area contributed by atoms with Gasteiger partial charge in [-0.25, -0.2) is 4.79 Å². The van der Waals surface area contributed by atoms with Crippen molar-refractivity contribution in [2.75, 3.05) is 0 Å². The number of thiophene rings is 1. The number of aliphatic carboxylic acids is 1. The van der Waals surface area contributed by atoms with Crippen LogP contribution in [-0.2, 0) is 31.5 Å². The van der Waals surface area contributed by atoms with Crippen molar-refractivity contribution in [2.45, 2.75) is 110 Å². The molecule has 0 fully saturated rings. The first-order valence-corrected chi connectivity index (χ1v) is 16.4. The number of rotatable bonds is 13. The molecule has 1 aromatic heterocycles. The second-order valence-electron chi connectivity index (χ2n) is 13.0. The normalized spacial score (nSPS) is 13.7. The van der Waals surface area contributed by atoms with Gasteiger partial charge in [-0.05, 0) is 90.0 Å². The number of allylic oxidation sites excluding steroid dienone is 3. The molecule has 0 unspecified atom stereocenters. The van der Waals surface area contributed by atoms with Gasteiger partial charge in [-0.3, -0.25) is 0 Å². The molecule has 0 spiro atoms. The molecule has 5 nitrogen and oxygen atoms in total. The SMILES string of the molecule is CCC(=CC=CC(=O)O)c1csc(COc2ccc(C(C)(C)O[Si]C(C)(C)C)c(C(C)(C)O[Si]C(C)(C)C)c2)c1. The van der Waals surface area contributed by atoms with Crippen molar-refractivity contribution in [2.24, 2.45) is 0 Å². The highest BCUT2D eigenvalue weighted by Gasteiger charge is 2.34. The largest absolute Gasteiger partial charge is 0.488 e. The molecule has 4 radical (unpaired) electrons. The molecule has 1 N–H and O–H groups in total. The lowest BCUT2D eigenvalue weighted by molar-refractivity contribution is -0.131. The summed E-state index contributed by atoms with van der Waals surface area (Å²) in [6.45, 7) is 24.2. The van der Waals surface area contributed by atoms with Crippen LogP contribution in [0.5, 0.6) is 5.75 Å². The van der Waals surface area contributed by atoms with Gasteiger partial charge in [0.25, 0.3) is 0 Å². The Morgan fingerprint density at radius 1 is 0.900 bits per heavy atom. The minimum atomic E-state index is -0.950. The average Bonchev–Trinajstić information content (AvgIpc) is 3.31. The maximum atomic E-state index is 10.8. The Balaban J connectivity index is 2.34. The van der Waals surface area contributed by atoms with Crippen molar-refractivity contribution in [1.82, 2.24) is 0 Å².